The molecule has 29 heavy (non-hydrogen) atoms. The van der Waals surface area contributed by atoms with Gasteiger partial charge in [-0.3, -0.25) is 0 Å². The first-order valence-electron chi connectivity index (χ1n) is 9.40. The summed E-state index contributed by atoms with van der Waals surface area (Å²) >= 11 is 0. The van der Waals surface area contributed by atoms with Gasteiger partial charge in [-0.15, -0.1) is 0 Å². The molecule has 0 fully saturated rings. The zero-order valence-electron chi connectivity index (χ0n) is 16.9. The predicted octanol–water partition coefficient (Wildman–Crippen LogP) is 1.59. The number of hydrogen-bond donors (Lipinski definition) is 3. The Morgan fingerprint density at radius 2 is 2.14 bits per heavy atom. The van der Waals surface area contributed by atoms with Crippen molar-refractivity contribution in [2.75, 3.05) is 5.32 Å². The third kappa shape index (κ3) is 5.12. The number of nitrogens with two attached hydrogens (primary N) is 1. The molecule has 0 unspecified atom stereocenters. The molecule has 0 atom stereocenters. The van der Waals surface area contributed by atoms with Crippen LogP contribution in [0.25, 0.3) is 11.2 Å². The fourth-order valence-corrected chi connectivity index (χ4v) is 2.95. The van der Waals surface area contributed by atoms with Crippen LogP contribution in [0.2, 0.25) is 0 Å². The molecule has 1 amide bonds. The minimum atomic E-state index is -0.580. The molecule has 1 radical (unpaired) electrons. The van der Waals surface area contributed by atoms with Crippen molar-refractivity contribution >= 4 is 38.2 Å². The summed E-state index contributed by atoms with van der Waals surface area (Å²) in [7, 11) is 1.01. The first-order valence-corrected chi connectivity index (χ1v) is 9.40. The van der Waals surface area contributed by atoms with Crippen LogP contribution in [0.3, 0.4) is 0 Å². The molecule has 0 saturated carbocycles. The summed E-state index contributed by atoms with van der Waals surface area (Å²) in [6.07, 6.45) is 7.89. The van der Waals surface area contributed by atoms with E-state index in [4.69, 9.17) is 10.8 Å². The third-order valence-electron chi connectivity index (χ3n) is 4.46. The van der Waals surface area contributed by atoms with Crippen LogP contribution in [0.4, 0.5) is 5.82 Å². The summed E-state index contributed by atoms with van der Waals surface area (Å²) in [5.74, 6) is -0.0620. The minimum absolute atomic E-state index is 0.302. The van der Waals surface area contributed by atoms with Gasteiger partial charge in [0.2, 0.25) is 0 Å². The zero-order chi connectivity index (χ0) is 21.4. The Labute approximate surface area is 173 Å². The quantitative estimate of drug-likeness (QED) is 0.428. The van der Waals surface area contributed by atoms with Gasteiger partial charge in [0, 0.05) is 0 Å². The number of nitrogens with zero attached hydrogens (tertiary/aromatic N) is 2. The standard InChI is InChI=1S/C20H24B3N4O2/c1-5-9-10-15(13(6-2)7-3)25-20-17(19(24)28)18(26-27(20)8-4)14-11-12-16(23-29)22-21-14/h5-6,9-12,25,29H,1-2,7-8H2,3-4H3,(H2,24,28)/b10-9-,15-13-. The van der Waals surface area contributed by atoms with Crippen molar-refractivity contribution in [2.45, 2.75) is 26.8 Å². The van der Waals surface area contributed by atoms with Crippen LogP contribution >= 0.6 is 0 Å². The number of nitrogens with one attached hydrogen (secondary N) is 1. The first kappa shape index (κ1) is 22.4. The van der Waals surface area contributed by atoms with Gasteiger partial charge in [-0.1, -0.05) is 0 Å². The molecule has 4 N–H and O–H groups in total. The Kier molecular flexibility index (Phi) is 8.15. The van der Waals surface area contributed by atoms with Gasteiger partial charge in [0.15, 0.2) is 0 Å². The van der Waals surface area contributed by atoms with Gasteiger partial charge >= 0.3 is 173 Å². The number of aryl methyl sites for hydroxylation is 1. The molecule has 2 aromatic heterocycles. The van der Waals surface area contributed by atoms with Crippen molar-refractivity contribution in [1.29, 1.82) is 0 Å². The molecule has 6 nitrogen and oxygen atoms in total. The molecule has 0 aliphatic rings. The van der Waals surface area contributed by atoms with E-state index in [1.165, 1.54) is 0 Å². The fraction of sp³-hybridized carbons (Fsp3) is 0.200. The first-order chi connectivity index (χ1) is 14.0. The average Bonchev–Trinajstić information content (AvgIpc) is 3.11. The summed E-state index contributed by atoms with van der Waals surface area (Å²) in [6.45, 7) is 15.6. The molecule has 9 heteroatoms. The number of carbonyl (C=O) groups is 1. The number of hydrogen-bond acceptors (Lipinski definition) is 4. The van der Waals surface area contributed by atoms with Crippen LogP contribution in [0.1, 0.15) is 30.6 Å². The van der Waals surface area contributed by atoms with Gasteiger partial charge in [0.25, 0.3) is 0 Å². The fourth-order valence-electron chi connectivity index (χ4n) is 2.95. The van der Waals surface area contributed by atoms with Crippen LogP contribution in [-0.4, -0.2) is 41.8 Å². The predicted molar refractivity (Wildman–Crippen MR) is 123 cm³/mol. The Bertz CT molecular complexity index is 963. The number of primary amides is 1. The van der Waals surface area contributed by atoms with E-state index in [0.29, 0.717) is 29.0 Å². The number of amides is 1. The number of carbonyl (C=O) groups excluding carboxylic acids is 1. The molecule has 2 heterocycles. The number of anilines is 1. The van der Waals surface area contributed by atoms with Gasteiger partial charge in [-0.05, 0) is 0 Å². The number of aromatic nitrogens is 2. The van der Waals surface area contributed by atoms with E-state index in [1.807, 2.05) is 26.0 Å². The summed E-state index contributed by atoms with van der Waals surface area (Å²) in [5.41, 5.74) is 9.02. The molecular weight excluding hydrogens is 361 g/mol. The second-order valence-corrected chi connectivity index (χ2v) is 6.22. The molecule has 0 bridgehead atoms. The van der Waals surface area contributed by atoms with E-state index < -0.39 is 5.91 Å². The van der Waals surface area contributed by atoms with Crippen molar-refractivity contribution in [3.63, 3.8) is 0 Å². The van der Waals surface area contributed by atoms with Gasteiger partial charge in [-0.25, -0.2) is 0 Å². The maximum atomic E-state index is 12.4. The van der Waals surface area contributed by atoms with E-state index in [0.717, 1.165) is 30.6 Å². The SMILES string of the molecule is C=C/C=C\C(Nc1c(C(N)=O)c(-c2bbc([B]O)cc2)nn1CC)=C(/C=C)CC. The Morgan fingerprint density at radius 3 is 2.62 bits per heavy atom. The average molecular weight is 385 g/mol. The topological polar surface area (TPSA) is 93.2 Å². The Morgan fingerprint density at radius 1 is 1.38 bits per heavy atom. The Balaban J connectivity index is 2.66. The van der Waals surface area contributed by atoms with Gasteiger partial charge in [0.05, 0.1) is 0 Å². The second kappa shape index (κ2) is 10.6. The second-order valence-electron chi connectivity index (χ2n) is 6.22. The Hall–Kier alpha value is -2.93. The van der Waals surface area contributed by atoms with Crippen molar-refractivity contribution < 1.29 is 9.82 Å². The number of rotatable bonds is 10. The molecule has 0 saturated heterocycles. The summed E-state index contributed by atoms with van der Waals surface area (Å²) < 4.78 is 1.71. The monoisotopic (exact) mass is 385 g/mol. The molecule has 2 aromatic rings. The van der Waals surface area contributed by atoms with Crippen molar-refractivity contribution in [1.82, 2.24) is 9.78 Å². The summed E-state index contributed by atoms with van der Waals surface area (Å²) in [6, 6.07) is 3.53. The third-order valence-corrected chi connectivity index (χ3v) is 4.46. The van der Waals surface area contributed by atoms with Crippen molar-refractivity contribution in [3.05, 3.63) is 66.4 Å². The van der Waals surface area contributed by atoms with E-state index in [9.17, 15) is 4.79 Å². The van der Waals surface area contributed by atoms with E-state index >= 15 is 0 Å². The van der Waals surface area contributed by atoms with Crippen LogP contribution in [0, 0.1) is 0 Å². The van der Waals surface area contributed by atoms with Gasteiger partial charge in [0.1, 0.15) is 0 Å². The molecule has 0 aliphatic heterocycles. The van der Waals surface area contributed by atoms with Gasteiger partial charge in [-0.2, -0.15) is 0 Å². The van der Waals surface area contributed by atoms with Crippen LogP contribution in [-0.2, 0) is 6.54 Å². The van der Waals surface area contributed by atoms with E-state index in [1.54, 1.807) is 42.6 Å². The molecule has 0 spiro atoms. The molecule has 145 valence electrons. The molecule has 2 rings (SSSR count). The molecule has 0 aromatic carbocycles. The number of allylic oxidation sites excluding steroid dienone is 5. The van der Waals surface area contributed by atoms with Crippen LogP contribution < -0.4 is 16.4 Å². The van der Waals surface area contributed by atoms with E-state index in [-0.39, 0.29) is 0 Å². The zero-order valence-corrected chi connectivity index (χ0v) is 16.9. The maximum absolute atomic E-state index is 12.4. The summed E-state index contributed by atoms with van der Waals surface area (Å²) in [4.78, 5) is 12.4. The van der Waals surface area contributed by atoms with Crippen LogP contribution in [0.15, 0.2) is 60.9 Å². The van der Waals surface area contributed by atoms with Crippen molar-refractivity contribution in [3.8, 4) is 11.2 Å². The summed E-state index contributed by atoms with van der Waals surface area (Å²) in [5, 5.41) is 17.7. The van der Waals surface area contributed by atoms with Crippen molar-refractivity contribution in [2.24, 2.45) is 5.73 Å². The van der Waals surface area contributed by atoms with E-state index in [2.05, 4.69) is 23.6 Å². The van der Waals surface area contributed by atoms with Crippen LogP contribution in [0.5, 0.6) is 0 Å². The molecular formula is C20H24B3N4O2. The normalized spacial score (nSPS) is 11.6. The molecule has 0 aliphatic carbocycles. The van der Waals surface area contributed by atoms with Gasteiger partial charge < -0.3 is 0 Å².